The Labute approximate surface area is 388 Å². The third-order valence-corrected chi connectivity index (χ3v) is 15.2. The molecule has 7 N–H and O–H groups in total. The lowest BCUT2D eigenvalue weighted by molar-refractivity contribution is -0.316. The quantitative estimate of drug-likeness (QED) is 0.0672. The van der Waals surface area contributed by atoms with E-state index in [0.717, 1.165) is 38.1 Å². The molecule has 1 aliphatic carbocycles. The summed E-state index contributed by atoms with van der Waals surface area (Å²) in [6.45, 7) is 7.39. The van der Waals surface area contributed by atoms with Crippen LogP contribution in [0, 0.1) is 17.8 Å². The molecule has 0 bridgehead atoms. The normalized spacial score (nSPS) is 29.1. The van der Waals surface area contributed by atoms with E-state index in [1.165, 1.54) is 51.3 Å². The fourth-order valence-electron chi connectivity index (χ4n) is 9.45. The predicted molar refractivity (Wildman–Crippen MR) is 256 cm³/mol. The smallest absolute Gasteiger partial charge is 0.335 e. The number of carbonyl (C=O) groups is 1. The summed E-state index contributed by atoms with van der Waals surface area (Å²) < 4.78 is 24.5. The van der Waals surface area contributed by atoms with Gasteiger partial charge in [-0.15, -0.1) is 0 Å². The lowest BCUT2D eigenvalue weighted by Gasteiger charge is -2.49. The minimum absolute atomic E-state index is 0.00466. The number of phenols is 1. The molecule has 15 heteroatoms. The first-order valence-corrected chi connectivity index (χ1v) is 24.9. The average molecular weight is 926 g/mol. The number of aliphatic hydroxyl groups excluding tert-OH is 2. The highest BCUT2D eigenvalue weighted by atomic mass is 33.1. The first-order valence-electron chi connectivity index (χ1n) is 22.4. The zero-order valence-corrected chi connectivity index (χ0v) is 38.3. The highest BCUT2D eigenvalue weighted by Crippen LogP contribution is 2.43. The van der Waals surface area contributed by atoms with Crippen molar-refractivity contribution in [3.63, 3.8) is 0 Å². The van der Waals surface area contributed by atoms with Gasteiger partial charge in [-0.25, -0.2) is 4.79 Å². The summed E-state index contributed by atoms with van der Waals surface area (Å²) in [5.74, 6) is 0.653. The molecule has 0 saturated carbocycles. The van der Waals surface area contributed by atoms with Crippen LogP contribution in [0.25, 0.3) is 16.9 Å². The molecular weight excluding hydrogens is 867 g/mol. The second-order valence-electron chi connectivity index (χ2n) is 17.3. The number of nitrogens with one attached hydrogen (secondary N) is 2. The number of rotatable bonds is 13. The van der Waals surface area contributed by atoms with Crippen molar-refractivity contribution in [2.24, 2.45) is 22.7 Å². The van der Waals surface area contributed by atoms with Crippen LogP contribution in [-0.2, 0) is 14.3 Å². The largest absolute Gasteiger partial charge is 0.508 e. The summed E-state index contributed by atoms with van der Waals surface area (Å²) in [6.07, 6.45) is 7.53. The molecule has 0 aromatic heterocycles. The number of phenolic OH excluding ortho intramolecular Hbond substituents is 1. The van der Waals surface area contributed by atoms with E-state index in [4.69, 9.17) is 18.9 Å². The number of carboxylic acid groups (broad SMARTS) is 1. The standard InChI is InChI=1S/C50H59N3O10S2/c1-3-20-51-21-18-33-11-10-31(37-6-4-5-7-38(33)37)9-8-30(2)40-25-53-28-50(59)47(61-29-65-64-27-42(40)34-19-22-52-24-34)45(56)46(48(57)58)63-49(50)62-36-16-17-39-43(23-36)60-26-41(44(39)55)32-12-14-35(54)15-13-32/h4-7,9-17,19,23-24,30,33,40,42,45-47,49,51,53-56,59H,3,8,18,20-22,25-29H2,1-2H3,(H,57,58)/b31-9+/t30-,33+,40+,42-,45+,46-,47-,49+,50+/m0/s1. The molecule has 9 atom stereocenters. The summed E-state index contributed by atoms with van der Waals surface area (Å²) in [5, 5.41) is 62.5. The Morgan fingerprint density at radius 3 is 2.71 bits per heavy atom. The third kappa shape index (κ3) is 10.5. The van der Waals surface area contributed by atoms with Gasteiger partial charge in [0.25, 0.3) is 0 Å². The van der Waals surface area contributed by atoms with Crippen molar-refractivity contribution in [1.82, 2.24) is 10.6 Å². The number of aromatic hydroxyl groups is 1. The molecule has 5 aliphatic rings. The van der Waals surface area contributed by atoms with Crippen molar-refractivity contribution < 1.29 is 49.3 Å². The average Bonchev–Trinajstić information content (AvgIpc) is 3.84. The van der Waals surface area contributed by atoms with E-state index >= 15 is 0 Å². The van der Waals surface area contributed by atoms with E-state index in [2.05, 4.69) is 78.0 Å². The number of fused-ring (bicyclic) bond motifs is 3. The molecule has 8 rings (SSSR count). The van der Waals surface area contributed by atoms with Gasteiger partial charge in [0, 0.05) is 36.1 Å². The second-order valence-corrected chi connectivity index (χ2v) is 19.8. The van der Waals surface area contributed by atoms with Crippen LogP contribution in [0.4, 0.5) is 0 Å². The molecule has 3 aromatic carbocycles. The second kappa shape index (κ2) is 21.4. The molecule has 0 radical (unpaired) electrons. The van der Waals surface area contributed by atoms with Crippen molar-refractivity contribution in [1.29, 1.82) is 0 Å². The Kier molecular flexibility index (Phi) is 15.4. The van der Waals surface area contributed by atoms with Crippen molar-refractivity contribution >= 4 is 50.7 Å². The zero-order chi connectivity index (χ0) is 45.5. The Hall–Kier alpha value is -4.58. The number of hydrogen-bond acceptors (Lipinski definition) is 14. The van der Waals surface area contributed by atoms with Crippen molar-refractivity contribution in [2.75, 3.05) is 51.0 Å². The molecule has 0 unspecified atom stereocenters. The maximum atomic E-state index is 12.7. The van der Waals surface area contributed by atoms with Crippen LogP contribution in [0.5, 0.6) is 17.2 Å². The van der Waals surface area contributed by atoms with Crippen LogP contribution in [0.2, 0.25) is 0 Å². The predicted octanol–water partition coefficient (Wildman–Crippen LogP) is 7.21. The molecular formula is C50H59N3O10S2. The molecule has 2 fully saturated rings. The monoisotopic (exact) mass is 925 g/mol. The molecule has 0 spiro atoms. The molecule has 13 nitrogen and oxygen atoms in total. The third-order valence-electron chi connectivity index (χ3n) is 13.1. The van der Waals surface area contributed by atoms with Gasteiger partial charge in [0.2, 0.25) is 6.29 Å². The van der Waals surface area contributed by atoms with Gasteiger partial charge in [-0.3, -0.25) is 4.99 Å². The van der Waals surface area contributed by atoms with E-state index in [0.29, 0.717) is 41.5 Å². The number of nitrogens with zero attached hydrogens (tertiary/aromatic N) is 1. The number of aliphatic hydroxyl groups is 3. The van der Waals surface area contributed by atoms with E-state index in [-0.39, 0.29) is 54.1 Å². The minimum atomic E-state index is -2.08. The zero-order valence-electron chi connectivity index (χ0n) is 36.7. The number of carboxylic acids is 1. The maximum absolute atomic E-state index is 12.7. The number of hydrogen-bond donors (Lipinski definition) is 7. The maximum Gasteiger partial charge on any atom is 0.335 e. The first kappa shape index (κ1) is 46.9. The number of benzene rings is 3. The van der Waals surface area contributed by atoms with Gasteiger partial charge in [-0.1, -0.05) is 96.1 Å². The fraction of sp³-hybridized carbons (Fsp3) is 0.440. The molecule has 4 aliphatic heterocycles. The van der Waals surface area contributed by atoms with Crippen LogP contribution in [0.1, 0.15) is 61.3 Å². The summed E-state index contributed by atoms with van der Waals surface area (Å²) in [5.41, 5.74) is 4.52. The molecule has 3 aromatic rings. The Morgan fingerprint density at radius 2 is 1.92 bits per heavy atom. The van der Waals surface area contributed by atoms with Crippen molar-refractivity contribution in [3.05, 3.63) is 119 Å². The number of ether oxygens (including phenoxy) is 4. The lowest BCUT2D eigenvalue weighted by Crippen LogP contribution is -2.72. The van der Waals surface area contributed by atoms with Gasteiger partial charge in [0.05, 0.1) is 12.1 Å². The van der Waals surface area contributed by atoms with Crippen LogP contribution in [0.3, 0.4) is 0 Å². The highest BCUT2D eigenvalue weighted by Gasteiger charge is 2.59. The lowest BCUT2D eigenvalue weighted by atomic mass is 9.77. The molecule has 65 heavy (non-hydrogen) atoms. The van der Waals surface area contributed by atoms with Crippen molar-refractivity contribution in [2.45, 2.75) is 69.2 Å². The summed E-state index contributed by atoms with van der Waals surface area (Å²) >= 11 is 0. The number of aliphatic imine (C=N–C) groups is 1. The van der Waals surface area contributed by atoms with Crippen LogP contribution in [-0.4, -0.2) is 119 Å². The Morgan fingerprint density at radius 1 is 1.09 bits per heavy atom. The van der Waals surface area contributed by atoms with Gasteiger partial charge in [-0.05, 0) is 109 Å². The summed E-state index contributed by atoms with van der Waals surface area (Å²) in [4.78, 5) is 17.1. The van der Waals surface area contributed by atoms with Gasteiger partial charge in [0.15, 0.2) is 11.7 Å². The number of aliphatic carboxylic acids is 1. The molecule has 346 valence electrons. The van der Waals surface area contributed by atoms with Crippen LogP contribution >= 0.6 is 21.6 Å². The van der Waals surface area contributed by atoms with Gasteiger partial charge in [-0.2, -0.15) is 0 Å². The highest BCUT2D eigenvalue weighted by molar-refractivity contribution is 8.76. The summed E-state index contributed by atoms with van der Waals surface area (Å²) in [6, 6.07) is 19.8. The van der Waals surface area contributed by atoms with E-state index in [1.54, 1.807) is 35.1 Å². The minimum Gasteiger partial charge on any atom is -0.508 e. The molecule has 4 heterocycles. The Bertz CT molecular complexity index is 2320. The number of β-amino-alcohol motifs (C(OH)–C–C–N with tert-alkyl or cyclic N) is 1. The Balaban J connectivity index is 1.04. The van der Waals surface area contributed by atoms with Crippen LogP contribution in [0.15, 0.2) is 102 Å². The number of allylic oxidation sites excluding steroid dienone is 5. The molecule has 2 saturated heterocycles. The first-order chi connectivity index (χ1) is 31.5. The van der Waals surface area contributed by atoms with Crippen molar-refractivity contribution in [3.8, 4) is 17.2 Å². The summed E-state index contributed by atoms with van der Waals surface area (Å²) in [7, 11) is 3.07. The van der Waals surface area contributed by atoms with Crippen LogP contribution < -0.4 is 20.1 Å². The van der Waals surface area contributed by atoms with E-state index < -0.39 is 36.2 Å². The van der Waals surface area contributed by atoms with E-state index in [1.807, 2.05) is 6.21 Å². The fourth-order valence-corrected chi connectivity index (χ4v) is 11.5. The van der Waals surface area contributed by atoms with Gasteiger partial charge in [0.1, 0.15) is 47.8 Å². The van der Waals surface area contributed by atoms with Gasteiger partial charge >= 0.3 is 5.97 Å². The van der Waals surface area contributed by atoms with E-state index in [9.17, 15) is 30.3 Å². The topological polar surface area (TPSA) is 192 Å². The SMILES string of the molecule is CCCNCC[C@H]1C=C/C(=C\C[C@H](C)[C@H]2CNC[C@]3(O)[C@H](Oc4ccc5c(c4)OCC(c4ccc(O)cc4)=C5O)O[C@H](C(=O)O)[C@@H](O)[C@@H]3OCSSC[C@H]2C2=CCN=C2)c2ccccc21. The van der Waals surface area contributed by atoms with Gasteiger partial charge < -0.3 is 55.1 Å². The molecule has 0 amide bonds.